The molecule has 0 bridgehead atoms. The number of aliphatic carboxylic acids is 1. The molecule has 4 rings (SSSR count). The van der Waals surface area contributed by atoms with Crippen LogP contribution in [0, 0.1) is 6.92 Å². The van der Waals surface area contributed by atoms with Crippen molar-refractivity contribution >= 4 is 23.6 Å². The van der Waals surface area contributed by atoms with Gasteiger partial charge in [0.1, 0.15) is 6.04 Å². The third-order valence-electron chi connectivity index (χ3n) is 6.43. The van der Waals surface area contributed by atoms with Crippen LogP contribution in [0.1, 0.15) is 34.3 Å². The van der Waals surface area contributed by atoms with Gasteiger partial charge >= 0.3 is 5.97 Å². The molecule has 3 aromatic carbocycles. The molecule has 1 aliphatic rings. The molecular formula is C31H33N3O4S. The van der Waals surface area contributed by atoms with Crippen LogP contribution in [0.3, 0.4) is 0 Å². The Morgan fingerprint density at radius 1 is 1.03 bits per heavy atom. The van der Waals surface area contributed by atoms with Crippen molar-refractivity contribution in [2.45, 2.75) is 32.2 Å². The van der Waals surface area contributed by atoms with Gasteiger partial charge in [-0.25, -0.2) is 4.79 Å². The molecule has 8 heteroatoms. The topological polar surface area (TPSA) is 90.9 Å². The first-order chi connectivity index (χ1) is 18.9. The number of hydrogen-bond donors (Lipinski definition) is 3. The van der Waals surface area contributed by atoms with E-state index in [9.17, 15) is 14.7 Å². The van der Waals surface area contributed by atoms with Gasteiger partial charge in [0.05, 0.1) is 6.20 Å². The van der Waals surface area contributed by atoms with E-state index in [-0.39, 0.29) is 5.91 Å². The minimum atomic E-state index is -1.03. The van der Waals surface area contributed by atoms with Gasteiger partial charge in [0.2, 0.25) is 0 Å². The Balaban J connectivity index is 1.48. The third kappa shape index (κ3) is 7.67. The number of rotatable bonds is 12. The summed E-state index contributed by atoms with van der Waals surface area (Å²) in [4.78, 5) is 30.8. The third-order valence-corrected chi connectivity index (χ3v) is 7.07. The number of carbonyl (C=O) groups is 2. The fourth-order valence-electron chi connectivity index (χ4n) is 4.27. The summed E-state index contributed by atoms with van der Waals surface area (Å²) in [5, 5.41) is 13.9. The van der Waals surface area contributed by atoms with Gasteiger partial charge in [-0.3, -0.25) is 10.2 Å². The molecule has 202 valence electrons. The Kier molecular flexibility index (Phi) is 9.69. The van der Waals surface area contributed by atoms with E-state index in [1.54, 1.807) is 23.0 Å². The van der Waals surface area contributed by atoms with Gasteiger partial charge in [0.15, 0.2) is 5.75 Å². The van der Waals surface area contributed by atoms with Crippen LogP contribution in [-0.4, -0.2) is 40.2 Å². The molecule has 0 spiro atoms. The number of hydrazine groups is 1. The van der Waals surface area contributed by atoms with Crippen molar-refractivity contribution in [3.63, 3.8) is 0 Å². The second-order valence-corrected chi connectivity index (χ2v) is 10.2. The minimum absolute atomic E-state index is 0.366. The molecule has 0 fully saturated rings. The summed E-state index contributed by atoms with van der Waals surface area (Å²) >= 11 is 1.55. The summed E-state index contributed by atoms with van der Waals surface area (Å²) in [6.45, 7) is 2.01. The van der Waals surface area contributed by atoms with Gasteiger partial charge in [-0.15, -0.1) is 5.17 Å². The van der Waals surface area contributed by atoms with Crippen LogP contribution in [0.4, 0.5) is 0 Å². The number of benzene rings is 3. The van der Waals surface area contributed by atoms with Crippen LogP contribution < -0.4 is 15.6 Å². The van der Waals surface area contributed by atoms with Crippen LogP contribution in [0.2, 0.25) is 0 Å². The first kappa shape index (κ1) is 27.9. The number of hydrogen-bond acceptors (Lipinski definition) is 6. The molecule has 0 aliphatic carbocycles. The van der Waals surface area contributed by atoms with Crippen molar-refractivity contribution in [2.75, 3.05) is 12.0 Å². The second-order valence-electron chi connectivity index (χ2n) is 9.23. The maximum Gasteiger partial charge on any atom is 0.326 e. The zero-order valence-electron chi connectivity index (χ0n) is 22.1. The molecule has 0 saturated heterocycles. The summed E-state index contributed by atoms with van der Waals surface area (Å²) in [5.74, 6) is -0.0234. The maximum absolute atomic E-state index is 13.3. The van der Waals surface area contributed by atoms with E-state index in [0.29, 0.717) is 17.7 Å². The number of amides is 1. The van der Waals surface area contributed by atoms with Crippen LogP contribution in [0.25, 0.3) is 11.1 Å². The highest BCUT2D eigenvalue weighted by atomic mass is 32.2. The molecule has 1 unspecified atom stereocenters. The molecular weight excluding hydrogens is 510 g/mol. The Hall–Kier alpha value is -4.17. The Labute approximate surface area is 233 Å². The molecule has 3 N–H and O–H groups in total. The molecule has 1 aliphatic heterocycles. The van der Waals surface area contributed by atoms with E-state index in [0.717, 1.165) is 46.4 Å². The van der Waals surface area contributed by atoms with Gasteiger partial charge in [-0.05, 0) is 90.3 Å². The van der Waals surface area contributed by atoms with Crippen LogP contribution >= 0.6 is 11.8 Å². The SMILES string of the molecule is CSCCC(NC(=O)c1ccc(CCC2=CNN(Oc3ccccc3)C=C2)cc1-c1ccccc1C)C(=O)O. The highest BCUT2D eigenvalue weighted by Crippen LogP contribution is 2.29. The predicted octanol–water partition coefficient (Wildman–Crippen LogP) is 5.74. The van der Waals surface area contributed by atoms with Crippen molar-refractivity contribution in [1.82, 2.24) is 15.9 Å². The van der Waals surface area contributed by atoms with E-state index in [1.807, 2.05) is 98.4 Å². The summed E-state index contributed by atoms with van der Waals surface area (Å²) in [6, 6.07) is 22.3. The van der Waals surface area contributed by atoms with Crippen LogP contribution in [0.5, 0.6) is 5.75 Å². The monoisotopic (exact) mass is 543 g/mol. The number of nitrogens with one attached hydrogen (secondary N) is 2. The fourth-order valence-corrected chi connectivity index (χ4v) is 4.74. The molecule has 1 amide bonds. The largest absolute Gasteiger partial charge is 0.480 e. The number of aryl methyl sites for hydroxylation is 2. The minimum Gasteiger partial charge on any atom is -0.480 e. The highest BCUT2D eigenvalue weighted by Gasteiger charge is 2.22. The van der Waals surface area contributed by atoms with Crippen molar-refractivity contribution in [2.24, 2.45) is 0 Å². The number of thioether (sulfide) groups is 1. The molecule has 1 heterocycles. The molecule has 39 heavy (non-hydrogen) atoms. The van der Waals surface area contributed by atoms with Crippen LogP contribution in [0.15, 0.2) is 96.8 Å². The maximum atomic E-state index is 13.3. The summed E-state index contributed by atoms with van der Waals surface area (Å²) in [6.07, 6.45) is 9.59. The summed E-state index contributed by atoms with van der Waals surface area (Å²) in [5.41, 5.74) is 8.58. The van der Waals surface area contributed by atoms with E-state index in [1.165, 1.54) is 0 Å². The molecule has 0 radical (unpaired) electrons. The van der Waals surface area contributed by atoms with Crippen molar-refractivity contribution in [3.8, 4) is 16.9 Å². The van der Waals surface area contributed by atoms with E-state index in [2.05, 4.69) is 10.7 Å². The van der Waals surface area contributed by atoms with Crippen LogP contribution in [-0.2, 0) is 11.2 Å². The predicted molar refractivity (Wildman–Crippen MR) is 156 cm³/mol. The average Bonchev–Trinajstić information content (AvgIpc) is 2.95. The lowest BCUT2D eigenvalue weighted by Gasteiger charge is -2.23. The van der Waals surface area contributed by atoms with Crippen molar-refractivity contribution < 1.29 is 19.5 Å². The highest BCUT2D eigenvalue weighted by molar-refractivity contribution is 7.98. The lowest BCUT2D eigenvalue weighted by molar-refractivity contribution is -0.139. The molecule has 7 nitrogen and oxygen atoms in total. The Bertz CT molecular complexity index is 1360. The van der Waals surface area contributed by atoms with Gasteiger partial charge in [0.25, 0.3) is 5.91 Å². The quantitative estimate of drug-likeness (QED) is 0.268. The number of carbonyl (C=O) groups excluding carboxylic acids is 1. The first-order valence-electron chi connectivity index (χ1n) is 12.8. The van der Waals surface area contributed by atoms with Crippen molar-refractivity contribution in [1.29, 1.82) is 0 Å². The standard InChI is InChI=1S/C31H33N3O4S/c1-22-8-6-7-11-26(22)28-20-23(14-15-27(28)30(35)33-29(31(36)37)17-19-39-2)12-13-24-16-18-34(32-21-24)38-25-9-4-3-5-10-25/h3-11,14-16,18,20-21,29,32H,12-13,17,19H2,1-2H3,(H,33,35)(H,36,37). The normalized spacial score (nSPS) is 13.3. The summed E-state index contributed by atoms with van der Waals surface area (Å²) < 4.78 is 0. The van der Waals surface area contributed by atoms with E-state index < -0.39 is 12.0 Å². The number of hydroxylamine groups is 1. The van der Waals surface area contributed by atoms with Crippen molar-refractivity contribution in [3.05, 3.63) is 114 Å². The smallest absolute Gasteiger partial charge is 0.326 e. The Morgan fingerprint density at radius 3 is 2.49 bits per heavy atom. The van der Waals surface area contributed by atoms with Gasteiger partial charge in [-0.2, -0.15) is 11.8 Å². The van der Waals surface area contributed by atoms with Gasteiger partial charge in [0, 0.05) is 11.8 Å². The molecule has 0 saturated carbocycles. The number of para-hydroxylation sites is 1. The lowest BCUT2D eigenvalue weighted by Crippen LogP contribution is -2.41. The van der Waals surface area contributed by atoms with Gasteiger partial charge < -0.3 is 15.3 Å². The number of allylic oxidation sites excluding steroid dienone is 2. The van der Waals surface area contributed by atoms with E-state index in [4.69, 9.17) is 4.84 Å². The zero-order chi connectivity index (χ0) is 27.6. The van der Waals surface area contributed by atoms with Gasteiger partial charge in [-0.1, -0.05) is 54.6 Å². The molecule has 3 aromatic rings. The second kappa shape index (κ2) is 13.6. The van der Waals surface area contributed by atoms with E-state index >= 15 is 0 Å². The summed E-state index contributed by atoms with van der Waals surface area (Å²) in [7, 11) is 0. The molecule has 0 aromatic heterocycles. The first-order valence-corrected chi connectivity index (χ1v) is 14.2. The number of nitrogens with zero attached hydrogens (tertiary/aromatic N) is 1. The lowest BCUT2D eigenvalue weighted by atomic mass is 9.92. The Morgan fingerprint density at radius 2 is 1.79 bits per heavy atom. The number of carboxylic acid groups (broad SMARTS) is 1. The average molecular weight is 544 g/mol. The molecule has 1 atom stereocenters. The number of carboxylic acids is 1. The zero-order valence-corrected chi connectivity index (χ0v) is 22.9. The fraction of sp³-hybridized carbons (Fsp3) is 0.226.